The summed E-state index contributed by atoms with van der Waals surface area (Å²) >= 11 is 6.27. The van der Waals surface area contributed by atoms with E-state index < -0.39 is 10.0 Å². The third kappa shape index (κ3) is 5.06. The van der Waals surface area contributed by atoms with E-state index in [1.165, 1.54) is 16.4 Å². The summed E-state index contributed by atoms with van der Waals surface area (Å²) in [6.45, 7) is 4.77. The molecule has 8 nitrogen and oxygen atoms in total. The molecule has 1 fully saturated rings. The van der Waals surface area contributed by atoms with Crippen molar-refractivity contribution in [3.63, 3.8) is 0 Å². The summed E-state index contributed by atoms with van der Waals surface area (Å²) < 4.78 is 33.4. The fourth-order valence-corrected chi connectivity index (χ4v) is 6.28. The highest BCUT2D eigenvalue weighted by Gasteiger charge is 2.36. The van der Waals surface area contributed by atoms with Crippen LogP contribution in [0.3, 0.4) is 0 Å². The van der Waals surface area contributed by atoms with Crippen LogP contribution in [-0.4, -0.2) is 55.2 Å². The van der Waals surface area contributed by atoms with Crippen LogP contribution in [0, 0.1) is 5.92 Å². The lowest BCUT2D eigenvalue weighted by atomic mass is 9.95. The van der Waals surface area contributed by atoms with E-state index >= 15 is 0 Å². The number of halogens is 1. The molecule has 0 saturated carbocycles. The summed E-state index contributed by atoms with van der Waals surface area (Å²) in [5, 5.41) is 2.63. The first-order chi connectivity index (χ1) is 16.2. The van der Waals surface area contributed by atoms with Crippen molar-refractivity contribution in [3.8, 4) is 5.75 Å². The van der Waals surface area contributed by atoms with E-state index in [1.807, 2.05) is 49.1 Å². The average molecular weight is 506 g/mol. The molecule has 0 aromatic heterocycles. The number of sulfonamides is 1. The number of ether oxygens (including phenoxy) is 1. The Labute approximate surface area is 204 Å². The molecule has 182 valence electrons. The zero-order valence-corrected chi connectivity index (χ0v) is 20.7. The summed E-state index contributed by atoms with van der Waals surface area (Å²) in [4.78, 5) is 26.6. The van der Waals surface area contributed by atoms with E-state index in [1.54, 1.807) is 0 Å². The molecule has 0 atom stereocenters. The van der Waals surface area contributed by atoms with Gasteiger partial charge in [-0.1, -0.05) is 41.9 Å². The third-order valence-corrected chi connectivity index (χ3v) is 8.55. The Morgan fingerprint density at radius 2 is 1.88 bits per heavy atom. The van der Waals surface area contributed by atoms with Crippen LogP contribution in [0.25, 0.3) is 0 Å². The number of piperidine rings is 1. The fourth-order valence-electron chi connectivity index (χ4n) is 4.29. The normalized spacial score (nSPS) is 17.1. The minimum atomic E-state index is -3.89. The van der Waals surface area contributed by atoms with Crippen molar-refractivity contribution in [1.29, 1.82) is 0 Å². The Kier molecular flexibility index (Phi) is 7.16. The van der Waals surface area contributed by atoms with E-state index in [0.29, 0.717) is 25.1 Å². The SMILES string of the molecule is CC(C)N(Cc1ccccc1)C(=O)C1CCN(S(=O)(=O)c2cc3c(cc2Cl)NC(=O)CO3)CC1. The van der Waals surface area contributed by atoms with Gasteiger partial charge in [-0.15, -0.1) is 0 Å². The Hall–Kier alpha value is -2.62. The van der Waals surface area contributed by atoms with Gasteiger partial charge in [0.1, 0.15) is 10.6 Å². The molecule has 2 amide bonds. The maximum atomic E-state index is 13.3. The molecule has 2 aromatic carbocycles. The number of hydrogen-bond donors (Lipinski definition) is 1. The van der Waals surface area contributed by atoms with Gasteiger partial charge < -0.3 is 15.0 Å². The van der Waals surface area contributed by atoms with E-state index in [-0.39, 0.29) is 59.1 Å². The summed E-state index contributed by atoms with van der Waals surface area (Å²) in [5.74, 6) is -0.253. The zero-order chi connectivity index (χ0) is 24.5. The summed E-state index contributed by atoms with van der Waals surface area (Å²) in [6, 6.07) is 12.6. The van der Waals surface area contributed by atoms with E-state index in [2.05, 4.69) is 5.32 Å². The highest BCUT2D eigenvalue weighted by Crippen LogP contribution is 2.37. The molecule has 2 aromatic rings. The van der Waals surface area contributed by atoms with Crippen LogP contribution in [0.1, 0.15) is 32.3 Å². The van der Waals surface area contributed by atoms with E-state index in [0.717, 1.165) is 5.56 Å². The van der Waals surface area contributed by atoms with Gasteiger partial charge >= 0.3 is 0 Å². The lowest BCUT2D eigenvalue weighted by molar-refractivity contribution is -0.139. The van der Waals surface area contributed by atoms with E-state index in [4.69, 9.17) is 16.3 Å². The van der Waals surface area contributed by atoms with Gasteiger partial charge in [0, 0.05) is 37.7 Å². The average Bonchev–Trinajstić information content (AvgIpc) is 2.82. The van der Waals surface area contributed by atoms with Gasteiger partial charge in [-0.05, 0) is 38.3 Å². The fraction of sp³-hybridized carbons (Fsp3) is 0.417. The van der Waals surface area contributed by atoms with Gasteiger partial charge in [0.25, 0.3) is 5.91 Å². The molecule has 0 radical (unpaired) electrons. The smallest absolute Gasteiger partial charge is 0.262 e. The van der Waals surface area contributed by atoms with E-state index in [9.17, 15) is 18.0 Å². The van der Waals surface area contributed by atoms with Crippen LogP contribution < -0.4 is 10.1 Å². The van der Waals surface area contributed by atoms with Crippen molar-refractivity contribution < 1.29 is 22.7 Å². The molecule has 4 rings (SSSR count). The molecule has 10 heteroatoms. The number of carbonyl (C=O) groups excluding carboxylic acids is 2. The highest BCUT2D eigenvalue weighted by molar-refractivity contribution is 7.89. The standard InChI is InChI=1S/C24H28ClN3O5S/c1-16(2)28(14-17-6-4-3-5-7-17)24(30)18-8-10-27(11-9-18)34(31,32)22-13-21-20(12-19(22)25)26-23(29)15-33-21/h3-7,12-13,16,18H,8-11,14-15H2,1-2H3,(H,26,29). The van der Waals surface area contributed by atoms with Gasteiger partial charge in [-0.3, -0.25) is 9.59 Å². The second-order valence-corrected chi connectivity index (χ2v) is 11.2. The number of nitrogens with one attached hydrogen (secondary N) is 1. The Morgan fingerprint density at radius 3 is 2.53 bits per heavy atom. The predicted octanol–water partition coefficient (Wildman–Crippen LogP) is 3.51. The lowest BCUT2D eigenvalue weighted by Gasteiger charge is -2.35. The van der Waals surface area contributed by atoms with Gasteiger partial charge in [0.2, 0.25) is 15.9 Å². The molecule has 1 N–H and O–H groups in total. The van der Waals surface area contributed by atoms with Crippen LogP contribution in [-0.2, 0) is 26.2 Å². The largest absolute Gasteiger partial charge is 0.482 e. The number of fused-ring (bicyclic) bond motifs is 1. The first kappa shape index (κ1) is 24.5. The topological polar surface area (TPSA) is 96.0 Å². The number of amides is 2. The second kappa shape index (κ2) is 9.93. The minimum absolute atomic E-state index is 0.0107. The van der Waals surface area contributed by atoms with Gasteiger partial charge in [0.15, 0.2) is 6.61 Å². The van der Waals surface area contributed by atoms with Gasteiger partial charge in [-0.2, -0.15) is 4.31 Å². The molecule has 1 saturated heterocycles. The lowest BCUT2D eigenvalue weighted by Crippen LogP contribution is -2.46. The molecule has 2 aliphatic heterocycles. The Balaban J connectivity index is 1.45. The van der Waals surface area contributed by atoms with Crippen molar-refractivity contribution >= 4 is 39.1 Å². The molecular formula is C24H28ClN3O5S. The molecule has 2 aliphatic rings. The molecule has 2 heterocycles. The predicted molar refractivity (Wildman–Crippen MR) is 129 cm³/mol. The Bertz CT molecular complexity index is 1180. The van der Waals surface area contributed by atoms with Crippen molar-refractivity contribution in [1.82, 2.24) is 9.21 Å². The number of nitrogens with zero attached hydrogens (tertiary/aromatic N) is 2. The zero-order valence-electron chi connectivity index (χ0n) is 19.2. The number of benzene rings is 2. The molecule has 0 aliphatic carbocycles. The molecule has 0 bridgehead atoms. The highest BCUT2D eigenvalue weighted by atomic mass is 35.5. The second-order valence-electron chi connectivity index (χ2n) is 8.84. The monoisotopic (exact) mass is 505 g/mol. The van der Waals surface area contributed by atoms with Crippen LogP contribution in [0.5, 0.6) is 5.75 Å². The van der Waals surface area contributed by atoms with Gasteiger partial charge in [0.05, 0.1) is 10.7 Å². The number of anilines is 1. The number of rotatable bonds is 6. The quantitative estimate of drug-likeness (QED) is 0.648. The summed E-state index contributed by atoms with van der Waals surface area (Å²) in [6.07, 6.45) is 0.871. The summed E-state index contributed by atoms with van der Waals surface area (Å²) in [7, 11) is -3.89. The maximum Gasteiger partial charge on any atom is 0.262 e. The molecule has 34 heavy (non-hydrogen) atoms. The Morgan fingerprint density at radius 1 is 1.21 bits per heavy atom. The van der Waals surface area contributed by atoms with Crippen molar-refractivity contribution in [3.05, 3.63) is 53.1 Å². The first-order valence-corrected chi connectivity index (χ1v) is 13.1. The van der Waals surface area contributed by atoms with Crippen LogP contribution in [0.2, 0.25) is 5.02 Å². The molecular weight excluding hydrogens is 478 g/mol. The van der Waals surface area contributed by atoms with Crippen molar-refractivity contribution in [2.24, 2.45) is 5.92 Å². The molecule has 0 spiro atoms. The van der Waals surface area contributed by atoms with Crippen LogP contribution in [0.4, 0.5) is 5.69 Å². The van der Waals surface area contributed by atoms with Crippen molar-refractivity contribution in [2.75, 3.05) is 25.0 Å². The van der Waals surface area contributed by atoms with Crippen LogP contribution in [0.15, 0.2) is 47.4 Å². The first-order valence-electron chi connectivity index (χ1n) is 11.3. The number of hydrogen-bond acceptors (Lipinski definition) is 5. The third-order valence-electron chi connectivity index (χ3n) is 6.19. The minimum Gasteiger partial charge on any atom is -0.482 e. The van der Waals surface area contributed by atoms with Crippen molar-refractivity contribution in [2.45, 2.75) is 44.2 Å². The van der Waals surface area contributed by atoms with Crippen LogP contribution >= 0.6 is 11.6 Å². The molecule has 0 unspecified atom stereocenters. The van der Waals surface area contributed by atoms with Gasteiger partial charge in [-0.25, -0.2) is 8.42 Å². The maximum absolute atomic E-state index is 13.3. The summed E-state index contributed by atoms with van der Waals surface area (Å²) in [5.41, 5.74) is 1.40. The number of carbonyl (C=O) groups is 2.